The number of nitriles is 1. The molecule has 4 heterocycles. The molecule has 0 aliphatic carbocycles. The van der Waals surface area contributed by atoms with Crippen LogP contribution in [0.15, 0.2) is 42.7 Å². The van der Waals surface area contributed by atoms with E-state index in [0.717, 1.165) is 66.7 Å². The zero-order chi connectivity index (χ0) is 21.4. The van der Waals surface area contributed by atoms with E-state index in [2.05, 4.69) is 27.0 Å². The average Bonchev–Trinajstić information content (AvgIpc) is 3.23. The van der Waals surface area contributed by atoms with Crippen LogP contribution >= 0.6 is 11.6 Å². The van der Waals surface area contributed by atoms with E-state index in [-0.39, 0.29) is 5.91 Å². The SMILES string of the molecule is N#CCCCn1c(CN2C(=O)C3(CCNCC3)c3ccncc32)cc2cc(Cl)ccc21. The van der Waals surface area contributed by atoms with Crippen LogP contribution in [0.25, 0.3) is 10.9 Å². The third-order valence-corrected chi connectivity index (χ3v) is 6.89. The van der Waals surface area contributed by atoms with E-state index in [1.807, 2.05) is 35.4 Å². The van der Waals surface area contributed by atoms with Crippen LogP contribution in [-0.2, 0) is 23.3 Å². The van der Waals surface area contributed by atoms with Crippen LogP contribution in [0.1, 0.15) is 36.9 Å². The van der Waals surface area contributed by atoms with Crippen molar-refractivity contribution in [3.05, 3.63) is 59.0 Å². The van der Waals surface area contributed by atoms with Gasteiger partial charge in [-0.3, -0.25) is 9.78 Å². The maximum Gasteiger partial charge on any atom is 0.238 e. The summed E-state index contributed by atoms with van der Waals surface area (Å²) in [6.07, 6.45) is 6.49. The molecule has 31 heavy (non-hydrogen) atoms. The molecule has 7 heteroatoms. The monoisotopic (exact) mass is 433 g/mol. The van der Waals surface area contributed by atoms with Crippen LogP contribution in [0.3, 0.4) is 0 Å². The molecule has 158 valence electrons. The number of halogens is 1. The lowest BCUT2D eigenvalue weighted by molar-refractivity contribution is -0.124. The summed E-state index contributed by atoms with van der Waals surface area (Å²) in [7, 11) is 0. The first kappa shape index (κ1) is 20.0. The normalized spacial score (nSPS) is 17.3. The zero-order valence-corrected chi connectivity index (χ0v) is 18.0. The third kappa shape index (κ3) is 3.29. The van der Waals surface area contributed by atoms with Crippen LogP contribution in [0.4, 0.5) is 5.69 Å². The Morgan fingerprint density at radius 2 is 2.06 bits per heavy atom. The van der Waals surface area contributed by atoms with E-state index in [0.29, 0.717) is 18.0 Å². The molecule has 3 aromatic rings. The quantitative estimate of drug-likeness (QED) is 0.613. The summed E-state index contributed by atoms with van der Waals surface area (Å²) in [5.74, 6) is 0.170. The maximum absolute atomic E-state index is 13.8. The highest BCUT2D eigenvalue weighted by molar-refractivity contribution is 6.31. The van der Waals surface area contributed by atoms with Crippen LogP contribution in [0, 0.1) is 11.3 Å². The van der Waals surface area contributed by atoms with Crippen molar-refractivity contribution in [2.45, 2.75) is 44.2 Å². The van der Waals surface area contributed by atoms with Gasteiger partial charge in [0.25, 0.3) is 0 Å². The van der Waals surface area contributed by atoms with Gasteiger partial charge in [0, 0.05) is 40.8 Å². The topological polar surface area (TPSA) is 74.0 Å². The Balaban J connectivity index is 1.56. The Morgan fingerprint density at radius 1 is 1.23 bits per heavy atom. The number of amides is 1. The van der Waals surface area contributed by atoms with Crippen LogP contribution in [0.2, 0.25) is 5.02 Å². The Hall–Kier alpha value is -2.88. The van der Waals surface area contributed by atoms with Gasteiger partial charge in [-0.1, -0.05) is 11.6 Å². The summed E-state index contributed by atoms with van der Waals surface area (Å²) in [6, 6.07) is 12.2. The molecule has 0 saturated carbocycles. The van der Waals surface area contributed by atoms with E-state index in [1.54, 1.807) is 6.20 Å². The molecular weight excluding hydrogens is 410 g/mol. The summed E-state index contributed by atoms with van der Waals surface area (Å²) in [6.45, 7) is 2.89. The van der Waals surface area contributed by atoms with E-state index < -0.39 is 5.41 Å². The minimum Gasteiger partial charge on any atom is -0.343 e. The molecular formula is C24H24ClN5O. The standard InChI is InChI=1S/C24H24ClN5O/c25-18-3-4-21-17(13-18)14-19(29(21)12-2-1-8-26)16-30-22-15-28-9-5-20(22)24(23(30)31)6-10-27-11-7-24/h3-5,9,13-15,27H,1-2,6-7,10-12,16H2. The number of benzene rings is 1. The highest BCUT2D eigenvalue weighted by atomic mass is 35.5. The highest BCUT2D eigenvalue weighted by Gasteiger charge is 2.51. The summed E-state index contributed by atoms with van der Waals surface area (Å²) < 4.78 is 2.22. The van der Waals surface area contributed by atoms with Gasteiger partial charge in [-0.05, 0) is 68.2 Å². The smallest absolute Gasteiger partial charge is 0.238 e. The average molecular weight is 434 g/mol. The van der Waals surface area contributed by atoms with Crippen molar-refractivity contribution >= 4 is 34.1 Å². The number of pyridine rings is 1. The minimum atomic E-state index is -0.454. The van der Waals surface area contributed by atoms with Crippen molar-refractivity contribution in [1.29, 1.82) is 5.26 Å². The molecule has 2 aromatic heterocycles. The fraction of sp³-hybridized carbons (Fsp3) is 0.375. The van der Waals surface area contributed by atoms with Gasteiger partial charge in [-0.2, -0.15) is 5.26 Å². The van der Waals surface area contributed by atoms with Gasteiger partial charge in [-0.15, -0.1) is 0 Å². The number of piperidine rings is 1. The lowest BCUT2D eigenvalue weighted by atomic mass is 9.74. The second kappa shape index (κ2) is 7.99. The first-order chi connectivity index (χ1) is 15.1. The molecule has 0 bridgehead atoms. The van der Waals surface area contributed by atoms with Gasteiger partial charge in [0.2, 0.25) is 5.91 Å². The molecule has 0 unspecified atom stereocenters. The van der Waals surface area contributed by atoms with Crippen molar-refractivity contribution in [3.8, 4) is 6.07 Å². The Morgan fingerprint density at radius 3 is 2.87 bits per heavy atom. The molecule has 1 amide bonds. The molecule has 1 aromatic carbocycles. The van der Waals surface area contributed by atoms with Gasteiger partial charge >= 0.3 is 0 Å². The first-order valence-corrected chi connectivity index (χ1v) is 11.1. The van der Waals surface area contributed by atoms with Crippen LogP contribution < -0.4 is 10.2 Å². The number of aromatic nitrogens is 2. The first-order valence-electron chi connectivity index (χ1n) is 10.8. The Kier molecular flexibility index (Phi) is 5.17. The second-order valence-corrected chi connectivity index (χ2v) is 8.80. The van der Waals surface area contributed by atoms with Gasteiger partial charge in [0.15, 0.2) is 0 Å². The number of hydrogen-bond acceptors (Lipinski definition) is 4. The van der Waals surface area contributed by atoms with E-state index in [4.69, 9.17) is 16.9 Å². The fourth-order valence-electron chi connectivity index (χ4n) is 5.15. The van der Waals surface area contributed by atoms with Crippen molar-refractivity contribution in [1.82, 2.24) is 14.9 Å². The number of nitrogens with zero attached hydrogens (tertiary/aromatic N) is 4. The highest BCUT2D eigenvalue weighted by Crippen LogP contribution is 2.47. The fourth-order valence-corrected chi connectivity index (χ4v) is 5.34. The summed E-state index contributed by atoms with van der Waals surface area (Å²) >= 11 is 6.23. The summed E-state index contributed by atoms with van der Waals surface area (Å²) in [5, 5.41) is 14.1. The molecule has 1 saturated heterocycles. The molecule has 1 fully saturated rings. The number of unbranched alkanes of at least 4 members (excludes halogenated alkanes) is 1. The van der Waals surface area contributed by atoms with Gasteiger partial charge in [-0.25, -0.2) is 0 Å². The minimum absolute atomic E-state index is 0.170. The lowest BCUT2D eigenvalue weighted by Gasteiger charge is -2.33. The maximum atomic E-state index is 13.8. The third-order valence-electron chi connectivity index (χ3n) is 6.66. The molecule has 5 rings (SSSR count). The molecule has 0 atom stereocenters. The number of carbonyl (C=O) groups is 1. The lowest BCUT2D eigenvalue weighted by Crippen LogP contribution is -2.47. The number of anilines is 1. The molecule has 6 nitrogen and oxygen atoms in total. The van der Waals surface area contributed by atoms with Crippen molar-refractivity contribution < 1.29 is 4.79 Å². The summed E-state index contributed by atoms with van der Waals surface area (Å²) in [5.41, 5.74) is 3.69. The summed E-state index contributed by atoms with van der Waals surface area (Å²) in [4.78, 5) is 20.0. The van der Waals surface area contributed by atoms with Crippen LogP contribution in [0.5, 0.6) is 0 Å². The largest absolute Gasteiger partial charge is 0.343 e. The van der Waals surface area contributed by atoms with E-state index in [9.17, 15) is 4.79 Å². The number of aryl methyl sites for hydroxylation is 1. The molecule has 2 aliphatic heterocycles. The van der Waals surface area contributed by atoms with E-state index in [1.165, 1.54) is 0 Å². The molecule has 1 N–H and O–H groups in total. The van der Waals surface area contributed by atoms with Gasteiger partial charge in [0.05, 0.1) is 29.9 Å². The Labute approximate surface area is 186 Å². The second-order valence-electron chi connectivity index (χ2n) is 8.37. The van der Waals surface area contributed by atoms with Crippen molar-refractivity contribution in [2.24, 2.45) is 0 Å². The van der Waals surface area contributed by atoms with Gasteiger partial charge < -0.3 is 14.8 Å². The van der Waals surface area contributed by atoms with Crippen LogP contribution in [-0.4, -0.2) is 28.5 Å². The number of rotatable bonds is 5. The predicted octanol–water partition coefficient (Wildman–Crippen LogP) is 4.16. The number of nitrogens with one attached hydrogen (secondary N) is 1. The zero-order valence-electron chi connectivity index (χ0n) is 17.3. The number of hydrogen-bond donors (Lipinski definition) is 1. The molecule has 1 spiro atoms. The predicted molar refractivity (Wildman–Crippen MR) is 121 cm³/mol. The molecule has 0 radical (unpaired) electrons. The van der Waals surface area contributed by atoms with Crippen molar-refractivity contribution in [3.63, 3.8) is 0 Å². The Bertz CT molecular complexity index is 1190. The van der Waals surface area contributed by atoms with Gasteiger partial charge in [0.1, 0.15) is 0 Å². The number of fused-ring (bicyclic) bond motifs is 3. The van der Waals surface area contributed by atoms with E-state index >= 15 is 0 Å². The number of carbonyl (C=O) groups excluding carboxylic acids is 1. The molecule has 2 aliphatic rings. The van der Waals surface area contributed by atoms with Crippen molar-refractivity contribution in [2.75, 3.05) is 18.0 Å².